The molecule has 1 aromatic heterocycles. The Labute approximate surface area is 145 Å². The van der Waals surface area contributed by atoms with Crippen molar-refractivity contribution in [3.63, 3.8) is 0 Å². The molecule has 0 amide bonds. The summed E-state index contributed by atoms with van der Waals surface area (Å²) in [5.41, 5.74) is 4.75. The maximum Gasteiger partial charge on any atom is 0.341 e. The Kier molecular flexibility index (Phi) is 7.11. The Morgan fingerprint density at radius 1 is 1.29 bits per heavy atom. The molecule has 0 saturated carbocycles. The minimum absolute atomic E-state index is 0.0453. The van der Waals surface area contributed by atoms with E-state index < -0.39 is 14.0 Å². The van der Waals surface area contributed by atoms with Gasteiger partial charge in [-0.1, -0.05) is 39.4 Å². The highest BCUT2D eigenvalue weighted by Gasteiger charge is 2.22. The van der Waals surface area contributed by atoms with E-state index in [2.05, 4.69) is 36.1 Å². The van der Waals surface area contributed by atoms with Gasteiger partial charge >= 0.3 is 5.97 Å². The van der Waals surface area contributed by atoms with E-state index in [1.807, 2.05) is 6.07 Å². The molecule has 0 aromatic carbocycles. The van der Waals surface area contributed by atoms with Crippen molar-refractivity contribution < 1.29 is 14.3 Å². The molecule has 4 nitrogen and oxygen atoms in total. The van der Waals surface area contributed by atoms with Crippen LogP contribution in [0.4, 0.5) is 0 Å². The SMILES string of the molecule is CCOC(=O)C(=Cc1cncc(C#C[Si](C)(C)C)c1)C(=O)C(C)C. The molecule has 0 bridgehead atoms. The second-order valence-electron chi connectivity index (χ2n) is 6.80. The lowest BCUT2D eigenvalue weighted by atomic mass is 9.99. The number of carbonyl (C=O) groups is 2. The van der Waals surface area contributed by atoms with Crippen LogP contribution in [0.15, 0.2) is 24.0 Å². The molecule has 0 unspecified atom stereocenters. The van der Waals surface area contributed by atoms with E-state index in [0.717, 1.165) is 5.56 Å². The Bertz CT molecular complexity index is 703. The average molecular weight is 343 g/mol. The predicted molar refractivity (Wildman–Crippen MR) is 98.9 cm³/mol. The van der Waals surface area contributed by atoms with Gasteiger partial charge in [0.15, 0.2) is 5.78 Å². The molecule has 0 aliphatic rings. The number of carbonyl (C=O) groups excluding carboxylic acids is 2. The summed E-state index contributed by atoms with van der Waals surface area (Å²) in [6.45, 7) is 11.9. The van der Waals surface area contributed by atoms with Gasteiger partial charge in [-0.2, -0.15) is 0 Å². The van der Waals surface area contributed by atoms with E-state index in [-0.39, 0.29) is 23.9 Å². The molecule has 1 aromatic rings. The molecule has 0 saturated heterocycles. The van der Waals surface area contributed by atoms with Crippen LogP contribution >= 0.6 is 0 Å². The molecule has 128 valence electrons. The molecule has 0 radical (unpaired) electrons. The number of Topliss-reactive ketones (excluding diaryl/α,β-unsaturated/α-hetero) is 1. The molecule has 0 aliphatic carbocycles. The van der Waals surface area contributed by atoms with Crippen molar-refractivity contribution in [2.45, 2.75) is 40.4 Å². The number of esters is 1. The molecule has 0 N–H and O–H groups in total. The number of hydrogen-bond acceptors (Lipinski definition) is 4. The van der Waals surface area contributed by atoms with E-state index in [9.17, 15) is 9.59 Å². The standard InChI is InChI=1S/C19H25NO3Si/c1-7-23-19(22)17(18(21)14(2)3)11-16-10-15(12-20-13-16)8-9-24(4,5)6/h10-14H,7H2,1-6H3. The van der Waals surface area contributed by atoms with E-state index in [0.29, 0.717) is 5.56 Å². The molecule has 5 heteroatoms. The van der Waals surface area contributed by atoms with Crippen molar-refractivity contribution in [2.24, 2.45) is 5.92 Å². The Hall–Kier alpha value is -2.19. The lowest BCUT2D eigenvalue weighted by Crippen LogP contribution is -2.19. The molecule has 24 heavy (non-hydrogen) atoms. The zero-order valence-corrected chi connectivity index (χ0v) is 16.3. The van der Waals surface area contributed by atoms with Crippen LogP contribution < -0.4 is 0 Å². The van der Waals surface area contributed by atoms with Gasteiger partial charge in [-0.3, -0.25) is 9.78 Å². The van der Waals surface area contributed by atoms with Crippen molar-refractivity contribution in [3.8, 4) is 11.5 Å². The van der Waals surface area contributed by atoms with Gasteiger partial charge in [-0.25, -0.2) is 4.79 Å². The van der Waals surface area contributed by atoms with Crippen LogP contribution in [0.3, 0.4) is 0 Å². The van der Waals surface area contributed by atoms with Gasteiger partial charge in [0.1, 0.15) is 13.6 Å². The highest BCUT2D eigenvalue weighted by Crippen LogP contribution is 2.14. The summed E-state index contributed by atoms with van der Waals surface area (Å²) in [4.78, 5) is 28.5. The minimum atomic E-state index is -1.48. The van der Waals surface area contributed by atoms with Gasteiger partial charge in [0, 0.05) is 23.9 Å². The minimum Gasteiger partial charge on any atom is -0.462 e. The van der Waals surface area contributed by atoms with Crippen molar-refractivity contribution in [1.82, 2.24) is 4.98 Å². The highest BCUT2D eigenvalue weighted by molar-refractivity contribution is 6.83. The summed E-state index contributed by atoms with van der Waals surface area (Å²) in [6.07, 6.45) is 4.82. The van der Waals surface area contributed by atoms with Crippen LogP contribution in [-0.2, 0) is 14.3 Å². The van der Waals surface area contributed by atoms with E-state index in [1.54, 1.807) is 33.2 Å². The molecule has 0 spiro atoms. The smallest absolute Gasteiger partial charge is 0.341 e. The summed E-state index contributed by atoms with van der Waals surface area (Å²) < 4.78 is 5.00. The molecule has 0 atom stereocenters. The summed E-state index contributed by atoms with van der Waals surface area (Å²) in [5, 5.41) is 0. The molecule has 0 aliphatic heterocycles. The van der Waals surface area contributed by atoms with Gasteiger partial charge < -0.3 is 4.74 Å². The summed E-state index contributed by atoms with van der Waals surface area (Å²) in [5.74, 6) is 1.99. The fourth-order valence-corrected chi connectivity index (χ4v) is 2.30. The third kappa shape index (κ3) is 6.51. The Morgan fingerprint density at radius 3 is 2.50 bits per heavy atom. The molecule has 1 rings (SSSR count). The average Bonchev–Trinajstić information content (AvgIpc) is 2.50. The fourth-order valence-electron chi connectivity index (χ4n) is 1.78. The number of ketones is 1. The lowest BCUT2D eigenvalue weighted by Gasteiger charge is -2.09. The van der Waals surface area contributed by atoms with E-state index >= 15 is 0 Å². The maximum atomic E-state index is 12.3. The highest BCUT2D eigenvalue weighted by atomic mass is 28.3. The maximum absolute atomic E-state index is 12.3. The Morgan fingerprint density at radius 2 is 1.96 bits per heavy atom. The van der Waals surface area contributed by atoms with Crippen LogP contribution in [0.5, 0.6) is 0 Å². The van der Waals surface area contributed by atoms with Gasteiger partial charge in [-0.15, -0.1) is 5.54 Å². The topological polar surface area (TPSA) is 56.3 Å². The Balaban J connectivity index is 3.24. The number of pyridine rings is 1. The zero-order valence-electron chi connectivity index (χ0n) is 15.3. The summed E-state index contributed by atoms with van der Waals surface area (Å²) >= 11 is 0. The van der Waals surface area contributed by atoms with Crippen LogP contribution in [-0.4, -0.2) is 31.4 Å². The summed E-state index contributed by atoms with van der Waals surface area (Å²) in [7, 11) is -1.48. The van der Waals surface area contributed by atoms with Crippen LogP contribution in [0.1, 0.15) is 31.9 Å². The van der Waals surface area contributed by atoms with Crippen molar-refractivity contribution in [3.05, 3.63) is 35.2 Å². The molecule has 0 fully saturated rings. The van der Waals surface area contributed by atoms with Gasteiger partial charge in [0.25, 0.3) is 0 Å². The molecular formula is C19H25NO3Si. The van der Waals surface area contributed by atoms with Crippen molar-refractivity contribution in [2.75, 3.05) is 6.61 Å². The van der Waals surface area contributed by atoms with Crippen LogP contribution in [0.25, 0.3) is 6.08 Å². The zero-order chi connectivity index (χ0) is 18.3. The summed E-state index contributed by atoms with van der Waals surface area (Å²) in [6, 6.07) is 1.83. The van der Waals surface area contributed by atoms with Crippen molar-refractivity contribution >= 4 is 25.9 Å². The second-order valence-corrected chi connectivity index (χ2v) is 11.6. The quantitative estimate of drug-likeness (QED) is 0.205. The normalized spacial score (nSPS) is 11.7. The third-order valence-electron chi connectivity index (χ3n) is 2.94. The largest absolute Gasteiger partial charge is 0.462 e. The van der Waals surface area contributed by atoms with Gasteiger partial charge in [0.05, 0.1) is 6.61 Å². The molecular weight excluding hydrogens is 318 g/mol. The number of ether oxygens (including phenoxy) is 1. The van der Waals surface area contributed by atoms with Gasteiger partial charge in [-0.05, 0) is 24.6 Å². The first-order valence-electron chi connectivity index (χ1n) is 8.05. The van der Waals surface area contributed by atoms with Crippen LogP contribution in [0.2, 0.25) is 19.6 Å². The third-order valence-corrected chi connectivity index (χ3v) is 3.81. The fraction of sp³-hybridized carbons (Fsp3) is 0.421. The van der Waals surface area contributed by atoms with Crippen molar-refractivity contribution in [1.29, 1.82) is 0 Å². The van der Waals surface area contributed by atoms with E-state index in [4.69, 9.17) is 4.74 Å². The van der Waals surface area contributed by atoms with Gasteiger partial charge in [0.2, 0.25) is 0 Å². The lowest BCUT2D eigenvalue weighted by molar-refractivity contribution is -0.140. The van der Waals surface area contributed by atoms with E-state index in [1.165, 1.54) is 6.08 Å². The number of hydrogen-bond donors (Lipinski definition) is 0. The first kappa shape index (κ1) is 19.9. The number of nitrogens with zero attached hydrogens (tertiary/aromatic N) is 1. The number of aromatic nitrogens is 1. The first-order chi connectivity index (χ1) is 11.1. The number of rotatable bonds is 5. The van der Waals surface area contributed by atoms with Crippen LogP contribution in [0, 0.1) is 17.4 Å². The molecule has 1 heterocycles. The second kappa shape index (κ2) is 8.60. The predicted octanol–water partition coefficient (Wildman–Crippen LogP) is 3.48. The first-order valence-corrected chi connectivity index (χ1v) is 11.5. The monoisotopic (exact) mass is 343 g/mol.